The molecule has 0 saturated carbocycles. The predicted octanol–water partition coefficient (Wildman–Crippen LogP) is 2.31. The summed E-state index contributed by atoms with van der Waals surface area (Å²) in [6.45, 7) is 0.482. The zero-order chi connectivity index (χ0) is 15.1. The molecule has 2 aromatic rings. The second-order valence-electron chi connectivity index (χ2n) is 4.59. The van der Waals surface area contributed by atoms with E-state index in [0.29, 0.717) is 12.3 Å². The van der Waals surface area contributed by atoms with Gasteiger partial charge in [-0.15, -0.1) is 0 Å². The van der Waals surface area contributed by atoms with E-state index >= 15 is 0 Å². The van der Waals surface area contributed by atoms with E-state index in [2.05, 4.69) is 9.56 Å². The zero-order valence-corrected chi connectivity index (χ0v) is 12.3. The number of nitrogens with two attached hydrogens (primary N) is 1. The molecule has 0 unspecified atom stereocenters. The van der Waals surface area contributed by atoms with Crippen molar-refractivity contribution in [3.8, 4) is 0 Å². The van der Waals surface area contributed by atoms with E-state index in [1.165, 1.54) is 0 Å². The van der Waals surface area contributed by atoms with Crippen molar-refractivity contribution in [3.05, 3.63) is 60.2 Å². The van der Waals surface area contributed by atoms with Gasteiger partial charge in [0.25, 0.3) is 10.0 Å². The highest BCUT2D eigenvalue weighted by molar-refractivity contribution is 7.92. The van der Waals surface area contributed by atoms with Gasteiger partial charge in [-0.05, 0) is 42.7 Å². The van der Waals surface area contributed by atoms with Gasteiger partial charge in [-0.25, -0.2) is 14.3 Å². The Labute approximate surface area is 124 Å². The molecule has 2 rings (SSSR count). The van der Waals surface area contributed by atoms with E-state index in [4.69, 9.17) is 5.90 Å². The minimum atomic E-state index is -3.55. The molecule has 2 aromatic carbocycles. The fraction of sp³-hybridized carbons (Fsp3) is 0.200. The summed E-state index contributed by atoms with van der Waals surface area (Å²) in [6, 6.07) is 15.6. The Hall–Kier alpha value is -1.89. The summed E-state index contributed by atoms with van der Waals surface area (Å²) in [4.78, 5) is 4.74. The molecule has 0 fully saturated rings. The van der Waals surface area contributed by atoms with Crippen LogP contribution in [0.5, 0.6) is 0 Å². The Morgan fingerprint density at radius 3 is 2.29 bits per heavy atom. The van der Waals surface area contributed by atoms with Crippen LogP contribution >= 0.6 is 0 Å². The van der Waals surface area contributed by atoms with Crippen LogP contribution in [0, 0.1) is 0 Å². The predicted molar refractivity (Wildman–Crippen MR) is 82.2 cm³/mol. The molecular formula is C15H18N2O3S. The summed E-state index contributed by atoms with van der Waals surface area (Å²) in [5.41, 5.74) is 1.59. The first-order valence-corrected chi connectivity index (χ1v) is 8.08. The number of nitrogens with one attached hydrogen (secondary N) is 1. The normalized spacial score (nSPS) is 11.3. The largest absolute Gasteiger partial charge is 0.305 e. The van der Waals surface area contributed by atoms with Gasteiger partial charge >= 0.3 is 0 Å². The first-order valence-electron chi connectivity index (χ1n) is 6.60. The van der Waals surface area contributed by atoms with Gasteiger partial charge in [0, 0.05) is 5.69 Å². The first-order chi connectivity index (χ1) is 10.1. The van der Waals surface area contributed by atoms with Crippen LogP contribution in [0.4, 0.5) is 5.69 Å². The second-order valence-corrected chi connectivity index (χ2v) is 6.27. The average molecular weight is 306 g/mol. The Kier molecular flexibility index (Phi) is 5.32. The van der Waals surface area contributed by atoms with E-state index in [9.17, 15) is 8.42 Å². The van der Waals surface area contributed by atoms with Crippen LogP contribution in [-0.4, -0.2) is 15.0 Å². The summed E-state index contributed by atoms with van der Waals surface area (Å²) in [7, 11) is -3.55. The summed E-state index contributed by atoms with van der Waals surface area (Å²) in [5, 5.41) is 0. The Balaban J connectivity index is 2.06. The average Bonchev–Trinajstić information content (AvgIpc) is 2.49. The van der Waals surface area contributed by atoms with Crippen molar-refractivity contribution >= 4 is 15.7 Å². The third-order valence-electron chi connectivity index (χ3n) is 2.99. The highest BCUT2D eigenvalue weighted by Gasteiger charge is 2.13. The van der Waals surface area contributed by atoms with Crippen molar-refractivity contribution in [3.63, 3.8) is 0 Å². The molecule has 21 heavy (non-hydrogen) atoms. The second kappa shape index (κ2) is 7.21. The molecule has 0 atom stereocenters. The molecule has 5 nitrogen and oxygen atoms in total. The van der Waals surface area contributed by atoms with E-state index in [-0.39, 0.29) is 4.90 Å². The van der Waals surface area contributed by atoms with Crippen LogP contribution in [0.15, 0.2) is 59.5 Å². The van der Waals surface area contributed by atoms with Crippen LogP contribution in [-0.2, 0) is 21.3 Å². The molecule has 0 amide bonds. The third-order valence-corrected chi connectivity index (χ3v) is 4.38. The number of rotatable bonds is 7. The van der Waals surface area contributed by atoms with Crippen molar-refractivity contribution in [2.75, 3.05) is 11.3 Å². The number of benzene rings is 2. The molecule has 0 radical (unpaired) electrons. The van der Waals surface area contributed by atoms with Gasteiger partial charge in [-0.3, -0.25) is 4.72 Å². The number of hydrogen-bond donors (Lipinski definition) is 2. The van der Waals surface area contributed by atoms with Gasteiger partial charge in [-0.2, -0.15) is 0 Å². The van der Waals surface area contributed by atoms with Crippen LogP contribution in [0.2, 0.25) is 0 Å². The van der Waals surface area contributed by atoms with Crippen molar-refractivity contribution in [1.29, 1.82) is 0 Å². The topological polar surface area (TPSA) is 81.4 Å². The Bertz CT molecular complexity index is 655. The number of anilines is 1. The molecule has 0 aliphatic heterocycles. The SMILES string of the molecule is NOCCCc1ccc(S(=O)(=O)Nc2ccccc2)cc1. The maximum absolute atomic E-state index is 12.2. The molecule has 0 heterocycles. The van der Waals surface area contributed by atoms with E-state index in [0.717, 1.165) is 18.4 Å². The summed E-state index contributed by atoms with van der Waals surface area (Å²) < 4.78 is 27.0. The van der Waals surface area contributed by atoms with Crippen LogP contribution in [0.25, 0.3) is 0 Å². The lowest BCUT2D eigenvalue weighted by atomic mass is 10.1. The first kappa shape index (κ1) is 15.5. The fourth-order valence-electron chi connectivity index (χ4n) is 1.92. The van der Waals surface area contributed by atoms with E-state index in [1.807, 2.05) is 6.07 Å². The molecule has 0 aliphatic carbocycles. The van der Waals surface area contributed by atoms with Crippen molar-refractivity contribution in [1.82, 2.24) is 0 Å². The minimum Gasteiger partial charge on any atom is -0.305 e. The lowest BCUT2D eigenvalue weighted by Gasteiger charge is -2.08. The summed E-state index contributed by atoms with van der Waals surface area (Å²) in [5.74, 6) is 4.96. The van der Waals surface area contributed by atoms with Crippen LogP contribution < -0.4 is 10.6 Å². The van der Waals surface area contributed by atoms with Crippen LogP contribution in [0.1, 0.15) is 12.0 Å². The minimum absolute atomic E-state index is 0.241. The molecule has 0 aromatic heterocycles. The lowest BCUT2D eigenvalue weighted by Crippen LogP contribution is -2.12. The van der Waals surface area contributed by atoms with E-state index < -0.39 is 10.0 Å². The number of hydrogen-bond acceptors (Lipinski definition) is 4. The number of sulfonamides is 1. The molecule has 0 aliphatic rings. The van der Waals surface area contributed by atoms with Crippen molar-refractivity contribution in [2.24, 2.45) is 5.90 Å². The Morgan fingerprint density at radius 1 is 1.00 bits per heavy atom. The maximum Gasteiger partial charge on any atom is 0.261 e. The highest BCUT2D eigenvalue weighted by atomic mass is 32.2. The molecule has 112 valence electrons. The maximum atomic E-state index is 12.2. The quantitative estimate of drug-likeness (QED) is 0.607. The van der Waals surface area contributed by atoms with E-state index in [1.54, 1.807) is 48.5 Å². The molecule has 0 bridgehead atoms. The van der Waals surface area contributed by atoms with Gasteiger partial charge in [0.05, 0.1) is 11.5 Å². The zero-order valence-electron chi connectivity index (χ0n) is 11.5. The van der Waals surface area contributed by atoms with Crippen LogP contribution in [0.3, 0.4) is 0 Å². The van der Waals surface area contributed by atoms with Crippen molar-refractivity contribution in [2.45, 2.75) is 17.7 Å². The van der Waals surface area contributed by atoms with Gasteiger partial charge < -0.3 is 4.84 Å². The molecule has 6 heteroatoms. The molecule has 0 spiro atoms. The lowest BCUT2D eigenvalue weighted by molar-refractivity contribution is 0.135. The fourth-order valence-corrected chi connectivity index (χ4v) is 2.97. The standard InChI is InChI=1S/C15H18N2O3S/c16-20-12-4-5-13-8-10-15(11-9-13)21(18,19)17-14-6-2-1-3-7-14/h1-3,6-11,17H,4-5,12,16H2. The Morgan fingerprint density at radius 2 is 1.67 bits per heavy atom. The van der Waals surface area contributed by atoms with Gasteiger partial charge in [0.2, 0.25) is 0 Å². The van der Waals surface area contributed by atoms with Gasteiger partial charge in [0.15, 0.2) is 0 Å². The molecule has 0 saturated heterocycles. The summed E-state index contributed by atoms with van der Waals surface area (Å²) >= 11 is 0. The van der Waals surface area contributed by atoms with Crippen molar-refractivity contribution < 1.29 is 13.3 Å². The highest BCUT2D eigenvalue weighted by Crippen LogP contribution is 2.16. The number of aryl methyl sites for hydroxylation is 1. The smallest absolute Gasteiger partial charge is 0.261 e. The van der Waals surface area contributed by atoms with Gasteiger partial charge in [0.1, 0.15) is 0 Å². The molecule has 3 N–H and O–H groups in total. The molecular weight excluding hydrogens is 288 g/mol. The summed E-state index contributed by atoms with van der Waals surface area (Å²) in [6.07, 6.45) is 1.59. The number of para-hydroxylation sites is 1. The van der Waals surface area contributed by atoms with Gasteiger partial charge in [-0.1, -0.05) is 30.3 Å². The third kappa shape index (κ3) is 4.56. The monoisotopic (exact) mass is 306 g/mol.